The summed E-state index contributed by atoms with van der Waals surface area (Å²) in [5.74, 6) is 0.773. The SMILES string of the molecule is CC1CCCCC1OC1(CBr)CCCC1. The van der Waals surface area contributed by atoms with Crippen LogP contribution in [-0.2, 0) is 4.74 Å². The molecule has 88 valence electrons. The van der Waals surface area contributed by atoms with Crippen LogP contribution in [0.2, 0.25) is 0 Å². The molecule has 0 aliphatic heterocycles. The maximum absolute atomic E-state index is 6.45. The van der Waals surface area contributed by atoms with Crippen molar-refractivity contribution in [1.29, 1.82) is 0 Å². The number of rotatable bonds is 3. The van der Waals surface area contributed by atoms with Crippen LogP contribution in [0.25, 0.3) is 0 Å². The molecule has 2 aliphatic carbocycles. The van der Waals surface area contributed by atoms with E-state index < -0.39 is 0 Å². The van der Waals surface area contributed by atoms with Gasteiger partial charge in [-0.25, -0.2) is 0 Å². The van der Waals surface area contributed by atoms with Crippen molar-refractivity contribution in [3.05, 3.63) is 0 Å². The van der Waals surface area contributed by atoms with Crippen molar-refractivity contribution in [2.45, 2.75) is 70.0 Å². The van der Waals surface area contributed by atoms with Gasteiger partial charge in [0.2, 0.25) is 0 Å². The fraction of sp³-hybridized carbons (Fsp3) is 1.00. The maximum Gasteiger partial charge on any atom is 0.0782 e. The van der Waals surface area contributed by atoms with Crippen LogP contribution in [0.4, 0.5) is 0 Å². The Balaban J connectivity index is 1.93. The molecule has 15 heavy (non-hydrogen) atoms. The predicted octanol–water partition coefficient (Wildman–Crippen LogP) is 4.29. The lowest BCUT2D eigenvalue weighted by Gasteiger charge is -2.37. The fourth-order valence-electron chi connectivity index (χ4n) is 3.08. The van der Waals surface area contributed by atoms with Gasteiger partial charge in [-0.1, -0.05) is 48.5 Å². The molecular formula is C13H23BrO. The highest BCUT2D eigenvalue weighted by Crippen LogP contribution is 2.39. The molecule has 0 heterocycles. The Morgan fingerprint density at radius 3 is 2.40 bits per heavy atom. The molecule has 1 nitrogen and oxygen atoms in total. The Morgan fingerprint density at radius 2 is 1.80 bits per heavy atom. The van der Waals surface area contributed by atoms with Gasteiger partial charge >= 0.3 is 0 Å². The Kier molecular flexibility index (Phi) is 4.11. The van der Waals surface area contributed by atoms with Crippen molar-refractivity contribution in [3.63, 3.8) is 0 Å². The third kappa shape index (κ3) is 2.76. The van der Waals surface area contributed by atoms with Crippen LogP contribution in [0.1, 0.15) is 58.3 Å². The van der Waals surface area contributed by atoms with Crippen molar-refractivity contribution in [2.75, 3.05) is 5.33 Å². The van der Waals surface area contributed by atoms with Crippen molar-refractivity contribution < 1.29 is 4.74 Å². The van der Waals surface area contributed by atoms with E-state index in [-0.39, 0.29) is 5.60 Å². The highest BCUT2D eigenvalue weighted by molar-refractivity contribution is 9.09. The van der Waals surface area contributed by atoms with Gasteiger partial charge < -0.3 is 4.74 Å². The van der Waals surface area contributed by atoms with Gasteiger partial charge in [-0.2, -0.15) is 0 Å². The minimum absolute atomic E-state index is 0.191. The number of alkyl halides is 1. The number of hydrogen-bond acceptors (Lipinski definition) is 1. The molecule has 0 aromatic carbocycles. The van der Waals surface area contributed by atoms with Gasteiger partial charge in [0.1, 0.15) is 0 Å². The Morgan fingerprint density at radius 1 is 1.13 bits per heavy atom. The summed E-state index contributed by atoms with van der Waals surface area (Å²) < 4.78 is 6.45. The number of ether oxygens (including phenoxy) is 1. The lowest BCUT2D eigenvalue weighted by Crippen LogP contribution is -2.39. The molecule has 2 rings (SSSR count). The monoisotopic (exact) mass is 274 g/mol. The zero-order valence-corrected chi connectivity index (χ0v) is 11.4. The van der Waals surface area contributed by atoms with E-state index in [2.05, 4.69) is 22.9 Å². The molecule has 0 radical (unpaired) electrons. The average molecular weight is 275 g/mol. The van der Waals surface area contributed by atoms with Gasteiger partial charge in [0.05, 0.1) is 11.7 Å². The second kappa shape index (κ2) is 5.18. The quantitative estimate of drug-likeness (QED) is 0.698. The van der Waals surface area contributed by atoms with Gasteiger partial charge in [0.15, 0.2) is 0 Å². The lowest BCUT2D eigenvalue weighted by atomic mass is 9.87. The molecular weight excluding hydrogens is 252 g/mol. The molecule has 0 saturated heterocycles. The highest BCUT2D eigenvalue weighted by atomic mass is 79.9. The second-order valence-corrected chi connectivity index (χ2v) is 6.00. The average Bonchev–Trinajstić information content (AvgIpc) is 2.71. The zero-order chi connectivity index (χ0) is 10.7. The first kappa shape index (κ1) is 11.9. The summed E-state index contributed by atoms with van der Waals surface area (Å²) in [6.07, 6.45) is 11.2. The van der Waals surface area contributed by atoms with Gasteiger partial charge in [0, 0.05) is 5.33 Å². The number of halogens is 1. The van der Waals surface area contributed by atoms with E-state index >= 15 is 0 Å². The van der Waals surface area contributed by atoms with E-state index in [9.17, 15) is 0 Å². The second-order valence-electron chi connectivity index (χ2n) is 5.44. The summed E-state index contributed by atoms with van der Waals surface area (Å²) in [6, 6.07) is 0. The van der Waals surface area contributed by atoms with Gasteiger partial charge in [-0.05, 0) is 31.6 Å². The Bertz CT molecular complexity index is 199. The standard InChI is InChI=1S/C13H23BrO/c1-11-6-2-3-7-12(11)15-13(10-14)8-4-5-9-13/h11-12H,2-10H2,1H3. The summed E-state index contributed by atoms with van der Waals surface area (Å²) in [5.41, 5.74) is 0.191. The summed E-state index contributed by atoms with van der Waals surface area (Å²) in [6.45, 7) is 2.36. The Labute approximate surface area is 102 Å². The molecule has 2 heteroatoms. The van der Waals surface area contributed by atoms with Crippen molar-refractivity contribution in [3.8, 4) is 0 Å². The van der Waals surface area contributed by atoms with E-state index in [1.165, 1.54) is 51.4 Å². The number of hydrogen-bond donors (Lipinski definition) is 0. The summed E-state index contributed by atoms with van der Waals surface area (Å²) in [4.78, 5) is 0. The first-order valence-electron chi connectivity index (χ1n) is 6.49. The third-order valence-corrected chi connectivity index (χ3v) is 5.21. The largest absolute Gasteiger partial charge is 0.371 e. The van der Waals surface area contributed by atoms with Gasteiger partial charge in [-0.3, -0.25) is 0 Å². The van der Waals surface area contributed by atoms with Crippen LogP contribution in [0, 0.1) is 5.92 Å². The molecule has 2 fully saturated rings. The van der Waals surface area contributed by atoms with Crippen molar-refractivity contribution in [2.24, 2.45) is 5.92 Å². The minimum atomic E-state index is 0.191. The fourth-order valence-corrected chi connectivity index (χ4v) is 3.77. The molecule has 0 spiro atoms. The summed E-state index contributed by atoms with van der Waals surface area (Å²) in [7, 11) is 0. The topological polar surface area (TPSA) is 9.23 Å². The van der Waals surface area contributed by atoms with E-state index in [1.807, 2.05) is 0 Å². The lowest BCUT2D eigenvalue weighted by molar-refractivity contribution is -0.107. The first-order valence-corrected chi connectivity index (χ1v) is 7.62. The third-order valence-electron chi connectivity index (χ3n) is 4.19. The Hall–Kier alpha value is 0.440. The molecule has 0 N–H and O–H groups in total. The molecule has 0 aromatic rings. The van der Waals surface area contributed by atoms with E-state index in [4.69, 9.17) is 4.74 Å². The molecule has 0 bridgehead atoms. The van der Waals surface area contributed by atoms with Crippen LogP contribution in [0.3, 0.4) is 0 Å². The van der Waals surface area contributed by atoms with Gasteiger partial charge in [0.25, 0.3) is 0 Å². The van der Waals surface area contributed by atoms with Gasteiger partial charge in [-0.15, -0.1) is 0 Å². The van der Waals surface area contributed by atoms with Crippen molar-refractivity contribution in [1.82, 2.24) is 0 Å². The summed E-state index contributed by atoms with van der Waals surface area (Å²) in [5, 5.41) is 1.03. The van der Waals surface area contributed by atoms with Crippen LogP contribution in [0.5, 0.6) is 0 Å². The van der Waals surface area contributed by atoms with Crippen LogP contribution in [-0.4, -0.2) is 17.0 Å². The molecule has 0 aromatic heterocycles. The smallest absolute Gasteiger partial charge is 0.0782 e. The van der Waals surface area contributed by atoms with E-state index in [0.29, 0.717) is 6.10 Å². The van der Waals surface area contributed by atoms with Crippen molar-refractivity contribution >= 4 is 15.9 Å². The van der Waals surface area contributed by atoms with Crippen LogP contribution >= 0.6 is 15.9 Å². The molecule has 2 unspecified atom stereocenters. The highest BCUT2D eigenvalue weighted by Gasteiger charge is 2.37. The van der Waals surface area contributed by atoms with Crippen LogP contribution < -0.4 is 0 Å². The van der Waals surface area contributed by atoms with E-state index in [1.54, 1.807) is 0 Å². The predicted molar refractivity (Wildman–Crippen MR) is 67.5 cm³/mol. The molecule has 0 amide bonds. The summed E-state index contributed by atoms with van der Waals surface area (Å²) >= 11 is 3.66. The van der Waals surface area contributed by atoms with E-state index in [0.717, 1.165) is 11.2 Å². The molecule has 2 saturated carbocycles. The maximum atomic E-state index is 6.45. The minimum Gasteiger partial charge on any atom is -0.371 e. The normalized spacial score (nSPS) is 35.6. The zero-order valence-electron chi connectivity index (χ0n) is 9.80. The molecule has 2 atom stereocenters. The molecule has 2 aliphatic rings. The van der Waals surface area contributed by atoms with Crippen LogP contribution in [0.15, 0.2) is 0 Å². The first-order chi connectivity index (χ1) is 7.26.